The van der Waals surface area contributed by atoms with Crippen molar-refractivity contribution in [1.29, 1.82) is 0 Å². The summed E-state index contributed by atoms with van der Waals surface area (Å²) >= 11 is 0. The van der Waals surface area contributed by atoms with E-state index in [-0.39, 0.29) is 0 Å². The number of aliphatic hydroxyl groups is 1. The lowest BCUT2D eigenvalue weighted by molar-refractivity contribution is 0.471. The van der Waals surface area contributed by atoms with E-state index in [0.717, 1.165) is 6.26 Å². The lowest BCUT2D eigenvalue weighted by Crippen LogP contribution is -1.51. The normalized spacial score (nSPS) is 9.33. The number of hydrogen-bond donors (Lipinski definition) is 1. The zero-order valence-corrected chi connectivity index (χ0v) is 3.46. The van der Waals surface area contributed by atoms with Crippen molar-refractivity contribution in [2.45, 2.75) is 6.42 Å². The summed E-state index contributed by atoms with van der Waals surface area (Å²) in [6.07, 6.45) is 4.63. The van der Waals surface area contributed by atoms with Crippen LogP contribution in [0.15, 0.2) is 18.4 Å². The molecule has 1 heteroatoms. The van der Waals surface area contributed by atoms with Gasteiger partial charge in [0.05, 0.1) is 6.26 Å². The third-order valence-corrected chi connectivity index (χ3v) is 0.378. The number of allylic oxidation sites excluding steroid dienone is 2. The summed E-state index contributed by atoms with van der Waals surface area (Å²) in [5.41, 5.74) is 0. The van der Waals surface area contributed by atoms with Crippen LogP contribution in [-0.4, -0.2) is 5.11 Å². The highest BCUT2D eigenvalue weighted by molar-refractivity contribution is 4.80. The molecule has 0 aliphatic carbocycles. The van der Waals surface area contributed by atoms with Crippen molar-refractivity contribution in [1.82, 2.24) is 0 Å². The smallest absolute Gasteiger partial charge is 0.0754 e. The highest BCUT2D eigenvalue weighted by atomic mass is 16.2. The Labute approximate surface area is 37.6 Å². The van der Waals surface area contributed by atoms with Crippen molar-refractivity contribution in [3.05, 3.63) is 25.0 Å². The Kier molecular flexibility index (Phi) is 3.77. The standard InChI is InChI=1S/C5H7O/c1-2-3-4-5-6/h1-2,4-6H,3H2. The van der Waals surface area contributed by atoms with E-state index in [0.29, 0.717) is 6.42 Å². The molecule has 0 atom stereocenters. The molecule has 1 radical (unpaired) electrons. The molecule has 0 rings (SSSR count). The van der Waals surface area contributed by atoms with E-state index in [1.54, 1.807) is 6.08 Å². The van der Waals surface area contributed by atoms with E-state index in [9.17, 15) is 0 Å². The van der Waals surface area contributed by atoms with Gasteiger partial charge in [-0.2, -0.15) is 0 Å². The summed E-state index contributed by atoms with van der Waals surface area (Å²) in [6.45, 7) is 4.93. The quantitative estimate of drug-likeness (QED) is 0.501. The second kappa shape index (κ2) is 4.28. The van der Waals surface area contributed by atoms with Gasteiger partial charge in [-0.1, -0.05) is 12.7 Å². The molecule has 0 aliphatic heterocycles. The molecule has 0 bridgehead atoms. The highest BCUT2D eigenvalue weighted by Gasteiger charge is 1.59. The highest BCUT2D eigenvalue weighted by Crippen LogP contribution is 1.77. The average Bonchev–Trinajstić information content (AvgIpc) is 1.61. The molecular weight excluding hydrogens is 76.1 g/mol. The Balaban J connectivity index is 2.85. The molecule has 0 saturated carbocycles. The average molecular weight is 83.1 g/mol. The number of hydrogen-bond acceptors (Lipinski definition) is 1. The Bertz CT molecular complexity index is 55.0. The fourth-order valence-electron chi connectivity index (χ4n) is 0.139. The van der Waals surface area contributed by atoms with Crippen LogP contribution in [0.5, 0.6) is 0 Å². The van der Waals surface area contributed by atoms with E-state index < -0.39 is 0 Å². The monoisotopic (exact) mass is 83.0 g/mol. The maximum atomic E-state index is 7.94. The number of aliphatic hydroxyl groups excluding tert-OH is 1. The molecule has 0 aromatic carbocycles. The summed E-state index contributed by atoms with van der Waals surface area (Å²) in [6, 6.07) is 0. The van der Waals surface area contributed by atoms with Gasteiger partial charge >= 0.3 is 0 Å². The fraction of sp³-hybridized carbons (Fsp3) is 0.200. The molecule has 0 aliphatic rings. The van der Waals surface area contributed by atoms with Crippen molar-refractivity contribution in [2.24, 2.45) is 0 Å². The second-order valence-electron chi connectivity index (χ2n) is 0.856. The minimum atomic E-state index is 0.635. The van der Waals surface area contributed by atoms with Gasteiger partial charge in [0.1, 0.15) is 0 Å². The van der Waals surface area contributed by atoms with Crippen molar-refractivity contribution in [3.63, 3.8) is 0 Å². The predicted octanol–water partition coefficient (Wildman–Crippen LogP) is 1.44. The first kappa shape index (κ1) is 5.28. The summed E-state index contributed by atoms with van der Waals surface area (Å²) in [5.74, 6) is 0. The van der Waals surface area contributed by atoms with Gasteiger partial charge in [0.2, 0.25) is 0 Å². The first-order valence-corrected chi connectivity index (χ1v) is 1.74. The molecule has 6 heavy (non-hydrogen) atoms. The molecule has 1 nitrogen and oxygen atoms in total. The van der Waals surface area contributed by atoms with Gasteiger partial charge < -0.3 is 5.11 Å². The maximum Gasteiger partial charge on any atom is 0.0754 e. The largest absolute Gasteiger partial charge is 0.516 e. The Hall–Kier alpha value is -0.720. The molecule has 0 aromatic heterocycles. The van der Waals surface area contributed by atoms with Gasteiger partial charge in [-0.15, -0.1) is 0 Å². The lowest BCUT2D eigenvalue weighted by atomic mass is 10.4. The van der Waals surface area contributed by atoms with Gasteiger partial charge in [0.15, 0.2) is 0 Å². The molecule has 0 unspecified atom stereocenters. The van der Waals surface area contributed by atoms with Crippen molar-refractivity contribution in [2.75, 3.05) is 0 Å². The van der Waals surface area contributed by atoms with Crippen LogP contribution < -0.4 is 0 Å². The van der Waals surface area contributed by atoms with Crippen LogP contribution in [0, 0.1) is 6.58 Å². The molecule has 0 heterocycles. The molecular formula is C5H7O. The predicted molar refractivity (Wildman–Crippen MR) is 25.3 cm³/mol. The van der Waals surface area contributed by atoms with E-state index in [1.807, 2.05) is 0 Å². The first-order chi connectivity index (χ1) is 2.91. The Morgan fingerprint density at radius 2 is 2.33 bits per heavy atom. The van der Waals surface area contributed by atoms with Crippen LogP contribution in [0.2, 0.25) is 0 Å². The van der Waals surface area contributed by atoms with Crippen LogP contribution in [0.4, 0.5) is 0 Å². The third kappa shape index (κ3) is 3.28. The van der Waals surface area contributed by atoms with Gasteiger partial charge in [-0.25, -0.2) is 0 Å². The van der Waals surface area contributed by atoms with E-state index >= 15 is 0 Å². The van der Waals surface area contributed by atoms with Crippen LogP contribution in [0.3, 0.4) is 0 Å². The van der Waals surface area contributed by atoms with Crippen molar-refractivity contribution in [3.8, 4) is 0 Å². The van der Waals surface area contributed by atoms with Crippen LogP contribution in [-0.2, 0) is 0 Å². The summed E-state index contributed by atoms with van der Waals surface area (Å²) in [5, 5.41) is 7.94. The number of rotatable bonds is 2. The minimum Gasteiger partial charge on any atom is -0.516 e. The third-order valence-electron chi connectivity index (χ3n) is 0.378. The molecule has 0 amide bonds. The van der Waals surface area contributed by atoms with Crippen molar-refractivity contribution >= 4 is 0 Å². The minimum absolute atomic E-state index is 0.635. The van der Waals surface area contributed by atoms with Gasteiger partial charge in [-0.05, 0) is 12.5 Å². The second-order valence-corrected chi connectivity index (χ2v) is 0.856. The van der Waals surface area contributed by atoms with Gasteiger partial charge in [0, 0.05) is 0 Å². The maximum absolute atomic E-state index is 7.94. The summed E-state index contributed by atoms with van der Waals surface area (Å²) in [7, 11) is 0. The fourth-order valence-corrected chi connectivity index (χ4v) is 0.139. The molecule has 33 valence electrons. The summed E-state index contributed by atoms with van der Waals surface area (Å²) in [4.78, 5) is 0. The van der Waals surface area contributed by atoms with Gasteiger partial charge in [0.25, 0.3) is 0 Å². The van der Waals surface area contributed by atoms with Crippen LogP contribution in [0.25, 0.3) is 0 Å². The van der Waals surface area contributed by atoms with E-state index in [1.165, 1.54) is 6.08 Å². The zero-order chi connectivity index (χ0) is 4.83. The lowest BCUT2D eigenvalue weighted by Gasteiger charge is -1.69. The topological polar surface area (TPSA) is 20.2 Å². The van der Waals surface area contributed by atoms with E-state index in [4.69, 9.17) is 11.7 Å². The van der Waals surface area contributed by atoms with Crippen LogP contribution >= 0.6 is 0 Å². The molecule has 0 spiro atoms. The SMILES string of the molecule is [CH]=CCC=CO. The van der Waals surface area contributed by atoms with Crippen LogP contribution in [0.1, 0.15) is 6.42 Å². The summed E-state index contributed by atoms with van der Waals surface area (Å²) < 4.78 is 0. The molecule has 0 aromatic rings. The zero-order valence-electron chi connectivity index (χ0n) is 3.46. The molecule has 1 N–H and O–H groups in total. The Morgan fingerprint density at radius 3 is 2.50 bits per heavy atom. The molecule has 0 fully saturated rings. The van der Waals surface area contributed by atoms with E-state index in [2.05, 4.69) is 0 Å². The van der Waals surface area contributed by atoms with Gasteiger partial charge in [-0.3, -0.25) is 0 Å². The first-order valence-electron chi connectivity index (χ1n) is 1.74. The molecule has 0 saturated heterocycles. The van der Waals surface area contributed by atoms with Crippen molar-refractivity contribution < 1.29 is 5.11 Å². The Morgan fingerprint density at radius 1 is 1.67 bits per heavy atom.